The van der Waals surface area contributed by atoms with Gasteiger partial charge in [-0.15, -0.1) is 0 Å². The Kier molecular flexibility index (Phi) is 6.72. The molecule has 1 aromatic rings. The summed E-state index contributed by atoms with van der Waals surface area (Å²) < 4.78 is 10.1. The SMILES string of the molecule is COCCC(C)NCC(O)c1ccc(OC)cc1. The van der Waals surface area contributed by atoms with Gasteiger partial charge in [-0.2, -0.15) is 0 Å². The average Bonchev–Trinajstić information content (AvgIpc) is 2.42. The van der Waals surface area contributed by atoms with E-state index < -0.39 is 6.10 Å². The third-order valence-electron chi connectivity index (χ3n) is 2.92. The summed E-state index contributed by atoms with van der Waals surface area (Å²) in [5.74, 6) is 0.798. The molecule has 4 nitrogen and oxygen atoms in total. The second-order valence-electron chi connectivity index (χ2n) is 4.38. The van der Waals surface area contributed by atoms with E-state index in [0.717, 1.165) is 24.3 Å². The van der Waals surface area contributed by atoms with E-state index in [-0.39, 0.29) is 0 Å². The van der Waals surface area contributed by atoms with Gasteiger partial charge in [-0.25, -0.2) is 0 Å². The van der Waals surface area contributed by atoms with Crippen molar-refractivity contribution in [2.75, 3.05) is 27.4 Å². The second-order valence-corrected chi connectivity index (χ2v) is 4.38. The van der Waals surface area contributed by atoms with E-state index in [1.165, 1.54) is 0 Å². The maximum atomic E-state index is 10.0. The first-order valence-corrected chi connectivity index (χ1v) is 6.21. The molecule has 2 atom stereocenters. The van der Waals surface area contributed by atoms with E-state index in [1.54, 1.807) is 14.2 Å². The highest BCUT2D eigenvalue weighted by atomic mass is 16.5. The summed E-state index contributed by atoms with van der Waals surface area (Å²) in [4.78, 5) is 0. The van der Waals surface area contributed by atoms with E-state index in [1.807, 2.05) is 24.3 Å². The number of methoxy groups -OCH3 is 2. The van der Waals surface area contributed by atoms with Gasteiger partial charge in [0.15, 0.2) is 0 Å². The monoisotopic (exact) mass is 253 g/mol. The molecule has 2 unspecified atom stereocenters. The summed E-state index contributed by atoms with van der Waals surface area (Å²) in [6.45, 7) is 3.35. The zero-order valence-electron chi connectivity index (χ0n) is 11.3. The number of nitrogens with one attached hydrogen (secondary N) is 1. The highest BCUT2D eigenvalue weighted by Crippen LogP contribution is 2.17. The summed E-state index contributed by atoms with van der Waals surface area (Å²) in [5, 5.41) is 13.3. The second kappa shape index (κ2) is 8.08. The van der Waals surface area contributed by atoms with Crippen molar-refractivity contribution in [3.63, 3.8) is 0 Å². The Hall–Kier alpha value is -1.10. The van der Waals surface area contributed by atoms with Crippen LogP contribution in [0.1, 0.15) is 25.0 Å². The molecule has 0 spiro atoms. The number of benzene rings is 1. The minimum Gasteiger partial charge on any atom is -0.497 e. The highest BCUT2D eigenvalue weighted by Gasteiger charge is 2.09. The van der Waals surface area contributed by atoms with Crippen LogP contribution in [0.2, 0.25) is 0 Å². The van der Waals surface area contributed by atoms with Crippen molar-refractivity contribution in [1.82, 2.24) is 5.32 Å². The smallest absolute Gasteiger partial charge is 0.118 e. The molecular weight excluding hydrogens is 230 g/mol. The van der Waals surface area contributed by atoms with Crippen molar-refractivity contribution in [2.45, 2.75) is 25.5 Å². The standard InChI is InChI=1S/C14H23NO3/c1-11(8-9-17-2)15-10-14(16)12-4-6-13(18-3)7-5-12/h4-7,11,14-16H,8-10H2,1-3H3. The van der Waals surface area contributed by atoms with Gasteiger partial charge in [0.1, 0.15) is 5.75 Å². The lowest BCUT2D eigenvalue weighted by Crippen LogP contribution is -2.31. The summed E-state index contributed by atoms with van der Waals surface area (Å²) in [7, 11) is 3.32. The van der Waals surface area contributed by atoms with E-state index >= 15 is 0 Å². The van der Waals surface area contributed by atoms with Gasteiger partial charge in [-0.1, -0.05) is 12.1 Å². The van der Waals surface area contributed by atoms with Crippen molar-refractivity contribution >= 4 is 0 Å². The maximum absolute atomic E-state index is 10.0. The molecule has 0 heterocycles. The van der Waals surface area contributed by atoms with E-state index in [4.69, 9.17) is 9.47 Å². The van der Waals surface area contributed by atoms with Crippen molar-refractivity contribution < 1.29 is 14.6 Å². The van der Waals surface area contributed by atoms with E-state index in [0.29, 0.717) is 12.6 Å². The van der Waals surface area contributed by atoms with Gasteiger partial charge in [-0.3, -0.25) is 0 Å². The number of aliphatic hydroxyl groups excluding tert-OH is 1. The molecule has 0 saturated carbocycles. The lowest BCUT2D eigenvalue weighted by atomic mass is 10.1. The molecule has 0 aliphatic carbocycles. The van der Waals surface area contributed by atoms with Crippen LogP contribution in [0, 0.1) is 0 Å². The fraction of sp³-hybridized carbons (Fsp3) is 0.571. The first kappa shape index (κ1) is 15.0. The zero-order valence-corrected chi connectivity index (χ0v) is 11.3. The van der Waals surface area contributed by atoms with Crippen molar-refractivity contribution in [3.8, 4) is 5.75 Å². The van der Waals surface area contributed by atoms with Crippen LogP contribution in [-0.4, -0.2) is 38.5 Å². The van der Waals surface area contributed by atoms with Crippen LogP contribution in [0.3, 0.4) is 0 Å². The summed E-state index contributed by atoms with van der Waals surface area (Å²) in [6.07, 6.45) is 0.437. The fourth-order valence-electron chi connectivity index (χ4n) is 1.65. The summed E-state index contributed by atoms with van der Waals surface area (Å²) in [5.41, 5.74) is 0.891. The Morgan fingerprint density at radius 1 is 1.22 bits per heavy atom. The number of hydrogen-bond acceptors (Lipinski definition) is 4. The number of hydrogen-bond donors (Lipinski definition) is 2. The van der Waals surface area contributed by atoms with E-state index in [2.05, 4.69) is 12.2 Å². The molecule has 18 heavy (non-hydrogen) atoms. The average molecular weight is 253 g/mol. The lowest BCUT2D eigenvalue weighted by molar-refractivity contribution is 0.158. The molecule has 0 amide bonds. The van der Waals surface area contributed by atoms with Gasteiger partial charge in [0, 0.05) is 26.3 Å². The molecule has 4 heteroatoms. The van der Waals surface area contributed by atoms with Crippen LogP contribution in [-0.2, 0) is 4.74 Å². The topological polar surface area (TPSA) is 50.7 Å². The Bertz CT molecular complexity index is 326. The summed E-state index contributed by atoms with van der Waals surface area (Å²) >= 11 is 0. The van der Waals surface area contributed by atoms with Gasteiger partial charge < -0.3 is 19.9 Å². The molecule has 2 N–H and O–H groups in total. The Balaban J connectivity index is 2.37. The molecule has 1 aromatic carbocycles. The number of aliphatic hydroxyl groups is 1. The van der Waals surface area contributed by atoms with Crippen molar-refractivity contribution in [3.05, 3.63) is 29.8 Å². The normalized spacial score (nSPS) is 14.2. The fourth-order valence-corrected chi connectivity index (χ4v) is 1.65. The minimum atomic E-state index is -0.499. The molecule has 102 valence electrons. The first-order chi connectivity index (χ1) is 8.67. The molecule has 0 aliphatic rings. The molecule has 0 bridgehead atoms. The highest BCUT2D eigenvalue weighted by molar-refractivity contribution is 5.28. The van der Waals surface area contributed by atoms with Gasteiger partial charge in [0.25, 0.3) is 0 Å². The lowest BCUT2D eigenvalue weighted by Gasteiger charge is -2.17. The van der Waals surface area contributed by atoms with Crippen LogP contribution in [0.5, 0.6) is 5.75 Å². The van der Waals surface area contributed by atoms with Crippen LogP contribution in [0.25, 0.3) is 0 Å². The third kappa shape index (κ3) is 5.04. The zero-order chi connectivity index (χ0) is 13.4. The molecular formula is C14H23NO3. The predicted octanol–water partition coefficient (Wildman–Crippen LogP) is 1.74. The van der Waals surface area contributed by atoms with Crippen LogP contribution >= 0.6 is 0 Å². The maximum Gasteiger partial charge on any atom is 0.118 e. The molecule has 0 aliphatic heterocycles. The third-order valence-corrected chi connectivity index (χ3v) is 2.92. The van der Waals surface area contributed by atoms with Crippen LogP contribution in [0.4, 0.5) is 0 Å². The quantitative estimate of drug-likeness (QED) is 0.741. The van der Waals surface area contributed by atoms with Crippen molar-refractivity contribution in [1.29, 1.82) is 0 Å². The van der Waals surface area contributed by atoms with Gasteiger partial charge in [-0.05, 0) is 31.0 Å². The van der Waals surface area contributed by atoms with E-state index in [9.17, 15) is 5.11 Å². The Morgan fingerprint density at radius 3 is 2.44 bits per heavy atom. The predicted molar refractivity (Wildman–Crippen MR) is 71.9 cm³/mol. The molecule has 0 fully saturated rings. The molecule has 0 aromatic heterocycles. The molecule has 1 rings (SSSR count). The number of rotatable bonds is 8. The van der Waals surface area contributed by atoms with Crippen LogP contribution < -0.4 is 10.1 Å². The van der Waals surface area contributed by atoms with Gasteiger partial charge in [0.05, 0.1) is 13.2 Å². The minimum absolute atomic E-state index is 0.331. The Morgan fingerprint density at radius 2 is 1.89 bits per heavy atom. The molecule has 0 radical (unpaired) electrons. The first-order valence-electron chi connectivity index (χ1n) is 6.21. The van der Waals surface area contributed by atoms with Crippen LogP contribution in [0.15, 0.2) is 24.3 Å². The largest absolute Gasteiger partial charge is 0.497 e. The molecule has 0 saturated heterocycles. The Labute approximate surface area is 109 Å². The van der Waals surface area contributed by atoms with Gasteiger partial charge in [0.2, 0.25) is 0 Å². The summed E-state index contributed by atoms with van der Waals surface area (Å²) in [6, 6.07) is 7.80. The van der Waals surface area contributed by atoms with Crippen molar-refractivity contribution in [2.24, 2.45) is 0 Å². The van der Waals surface area contributed by atoms with Gasteiger partial charge >= 0.3 is 0 Å². The number of ether oxygens (including phenoxy) is 2.